The summed E-state index contributed by atoms with van der Waals surface area (Å²) in [5.41, 5.74) is 0.452. The van der Waals surface area contributed by atoms with E-state index in [0.717, 1.165) is 10.1 Å². The maximum atomic E-state index is 12.3. The van der Waals surface area contributed by atoms with Crippen molar-refractivity contribution in [3.8, 4) is 0 Å². The van der Waals surface area contributed by atoms with Gasteiger partial charge in [-0.3, -0.25) is 18.7 Å². The standard InChI is InChI=1S/C18H18N4O4/c1-20-16-15(17(24)21(2)18(20)25)22(12-19-16)11-14(23)26-10-6-9-13-7-4-3-5-8-13/h3-9,12H,10-11H2,1-2H3/b9-6+. The predicted molar refractivity (Wildman–Crippen MR) is 96.7 cm³/mol. The number of ether oxygens (including phenoxy) is 1. The van der Waals surface area contributed by atoms with Crippen LogP contribution < -0.4 is 11.2 Å². The molecular weight excluding hydrogens is 336 g/mol. The zero-order valence-electron chi connectivity index (χ0n) is 14.5. The van der Waals surface area contributed by atoms with Gasteiger partial charge in [-0.1, -0.05) is 36.4 Å². The Labute approximate surface area is 148 Å². The second-order valence-electron chi connectivity index (χ2n) is 5.75. The molecule has 26 heavy (non-hydrogen) atoms. The molecule has 0 amide bonds. The lowest BCUT2D eigenvalue weighted by Crippen LogP contribution is -2.37. The molecule has 0 saturated heterocycles. The smallest absolute Gasteiger partial charge is 0.332 e. The molecule has 8 heteroatoms. The van der Waals surface area contributed by atoms with Crippen molar-refractivity contribution in [1.29, 1.82) is 0 Å². The third-order valence-corrected chi connectivity index (χ3v) is 3.97. The number of carbonyl (C=O) groups is 1. The molecular formula is C18H18N4O4. The van der Waals surface area contributed by atoms with Gasteiger partial charge >= 0.3 is 11.7 Å². The number of hydrogen-bond donors (Lipinski definition) is 0. The first-order chi connectivity index (χ1) is 12.5. The molecule has 0 aliphatic carbocycles. The van der Waals surface area contributed by atoms with Crippen molar-refractivity contribution in [2.24, 2.45) is 14.1 Å². The predicted octanol–water partition coefficient (Wildman–Crippen LogP) is 0.690. The number of hydrogen-bond acceptors (Lipinski definition) is 5. The van der Waals surface area contributed by atoms with Crippen LogP contribution in [0.4, 0.5) is 0 Å². The Morgan fingerprint density at radius 2 is 1.88 bits per heavy atom. The van der Waals surface area contributed by atoms with Gasteiger partial charge in [-0.2, -0.15) is 0 Å². The number of carbonyl (C=O) groups excluding carboxylic acids is 1. The third kappa shape index (κ3) is 3.34. The van der Waals surface area contributed by atoms with Crippen LogP contribution in [0.2, 0.25) is 0 Å². The fraction of sp³-hybridized carbons (Fsp3) is 0.222. The molecule has 1 aromatic carbocycles. The van der Waals surface area contributed by atoms with E-state index in [1.165, 1.54) is 29.6 Å². The van der Waals surface area contributed by atoms with Crippen LogP contribution in [0.25, 0.3) is 17.2 Å². The van der Waals surface area contributed by atoms with Gasteiger partial charge in [0.1, 0.15) is 13.2 Å². The van der Waals surface area contributed by atoms with Crippen molar-refractivity contribution >= 4 is 23.2 Å². The Balaban J connectivity index is 1.71. The molecule has 0 radical (unpaired) electrons. The fourth-order valence-electron chi connectivity index (χ4n) is 2.59. The molecule has 0 aliphatic heterocycles. The van der Waals surface area contributed by atoms with Crippen LogP contribution in [0, 0.1) is 0 Å². The quantitative estimate of drug-likeness (QED) is 0.629. The van der Waals surface area contributed by atoms with Gasteiger partial charge in [-0.15, -0.1) is 0 Å². The van der Waals surface area contributed by atoms with Gasteiger partial charge in [-0.05, 0) is 11.6 Å². The molecule has 0 saturated carbocycles. The molecule has 3 aromatic rings. The first kappa shape index (κ1) is 17.4. The maximum absolute atomic E-state index is 12.3. The highest BCUT2D eigenvalue weighted by Gasteiger charge is 2.16. The highest BCUT2D eigenvalue weighted by atomic mass is 16.5. The van der Waals surface area contributed by atoms with E-state index >= 15 is 0 Å². The van der Waals surface area contributed by atoms with Crippen LogP contribution in [0.5, 0.6) is 0 Å². The molecule has 0 atom stereocenters. The molecule has 8 nitrogen and oxygen atoms in total. The molecule has 0 aliphatic rings. The monoisotopic (exact) mass is 354 g/mol. The molecule has 0 bridgehead atoms. The summed E-state index contributed by atoms with van der Waals surface area (Å²) in [5, 5.41) is 0. The third-order valence-electron chi connectivity index (χ3n) is 3.97. The second kappa shape index (κ2) is 7.22. The van der Waals surface area contributed by atoms with E-state index in [1.807, 2.05) is 36.4 Å². The average molecular weight is 354 g/mol. The highest BCUT2D eigenvalue weighted by Crippen LogP contribution is 2.06. The van der Waals surface area contributed by atoms with E-state index in [2.05, 4.69) is 4.98 Å². The number of fused-ring (bicyclic) bond motifs is 1. The van der Waals surface area contributed by atoms with Crippen molar-refractivity contribution in [3.05, 3.63) is 69.1 Å². The summed E-state index contributed by atoms with van der Waals surface area (Å²) in [6.45, 7) is -0.0417. The molecule has 2 heterocycles. The number of aryl methyl sites for hydroxylation is 1. The molecule has 2 aromatic heterocycles. The lowest BCUT2D eigenvalue weighted by Gasteiger charge is -2.06. The SMILES string of the molecule is Cn1c(=O)c2c(ncn2CC(=O)OC/C=C/c2ccccc2)n(C)c1=O. The van der Waals surface area contributed by atoms with Gasteiger partial charge in [0.05, 0.1) is 6.33 Å². The zero-order chi connectivity index (χ0) is 18.7. The Morgan fingerprint density at radius 3 is 2.62 bits per heavy atom. The van der Waals surface area contributed by atoms with Gasteiger partial charge in [0.25, 0.3) is 5.56 Å². The minimum absolute atomic E-state index is 0.122. The molecule has 0 spiro atoms. The van der Waals surface area contributed by atoms with E-state index < -0.39 is 17.2 Å². The fourth-order valence-corrected chi connectivity index (χ4v) is 2.59. The molecule has 0 unspecified atom stereocenters. The molecule has 0 N–H and O–H groups in total. The number of imidazole rings is 1. The Bertz CT molecular complexity index is 1090. The van der Waals surface area contributed by atoms with E-state index in [0.29, 0.717) is 0 Å². The van der Waals surface area contributed by atoms with E-state index in [9.17, 15) is 14.4 Å². The van der Waals surface area contributed by atoms with Gasteiger partial charge in [0.2, 0.25) is 0 Å². The largest absolute Gasteiger partial charge is 0.460 e. The van der Waals surface area contributed by atoms with Crippen molar-refractivity contribution in [1.82, 2.24) is 18.7 Å². The molecule has 3 rings (SSSR count). The van der Waals surface area contributed by atoms with E-state index in [-0.39, 0.29) is 24.3 Å². The number of nitrogens with zero attached hydrogens (tertiary/aromatic N) is 4. The Hall–Kier alpha value is -3.42. The lowest BCUT2D eigenvalue weighted by molar-refractivity contribution is -0.143. The van der Waals surface area contributed by atoms with Gasteiger partial charge < -0.3 is 9.30 Å². The summed E-state index contributed by atoms with van der Waals surface area (Å²) in [4.78, 5) is 40.3. The highest BCUT2D eigenvalue weighted by molar-refractivity contribution is 5.75. The van der Waals surface area contributed by atoms with Crippen LogP contribution in [-0.2, 0) is 30.2 Å². The average Bonchev–Trinajstić information content (AvgIpc) is 3.06. The maximum Gasteiger partial charge on any atom is 0.332 e. The van der Waals surface area contributed by atoms with Crippen LogP contribution in [0.3, 0.4) is 0 Å². The van der Waals surface area contributed by atoms with Crippen LogP contribution in [0.15, 0.2) is 52.3 Å². The van der Waals surface area contributed by atoms with Crippen molar-refractivity contribution in [2.75, 3.05) is 6.61 Å². The summed E-state index contributed by atoms with van der Waals surface area (Å²) in [6, 6.07) is 9.65. The molecule has 134 valence electrons. The first-order valence-electron chi connectivity index (χ1n) is 7.97. The van der Waals surface area contributed by atoms with Gasteiger partial charge in [-0.25, -0.2) is 9.78 Å². The minimum Gasteiger partial charge on any atom is -0.460 e. The van der Waals surface area contributed by atoms with Crippen molar-refractivity contribution in [3.63, 3.8) is 0 Å². The first-order valence-corrected chi connectivity index (χ1v) is 7.97. The Morgan fingerprint density at radius 1 is 1.15 bits per heavy atom. The lowest BCUT2D eigenvalue weighted by atomic mass is 10.2. The number of esters is 1. The number of aromatic nitrogens is 4. The summed E-state index contributed by atoms with van der Waals surface area (Å²) in [6.07, 6.45) is 4.94. The van der Waals surface area contributed by atoms with E-state index in [1.54, 1.807) is 6.08 Å². The zero-order valence-corrected chi connectivity index (χ0v) is 14.5. The number of benzene rings is 1. The summed E-state index contributed by atoms with van der Waals surface area (Å²) >= 11 is 0. The topological polar surface area (TPSA) is 88.1 Å². The Kier molecular flexibility index (Phi) is 4.83. The molecule has 0 fully saturated rings. The van der Waals surface area contributed by atoms with Crippen LogP contribution in [0.1, 0.15) is 5.56 Å². The second-order valence-corrected chi connectivity index (χ2v) is 5.75. The minimum atomic E-state index is -0.502. The van der Waals surface area contributed by atoms with Crippen molar-refractivity contribution < 1.29 is 9.53 Å². The van der Waals surface area contributed by atoms with Gasteiger partial charge in [0, 0.05) is 14.1 Å². The van der Waals surface area contributed by atoms with Crippen LogP contribution >= 0.6 is 0 Å². The van der Waals surface area contributed by atoms with E-state index in [4.69, 9.17) is 4.74 Å². The summed E-state index contributed by atoms with van der Waals surface area (Å²) in [5.74, 6) is -0.502. The number of rotatable bonds is 5. The normalized spacial score (nSPS) is 11.3. The van der Waals surface area contributed by atoms with Gasteiger partial charge in [0.15, 0.2) is 11.2 Å². The summed E-state index contributed by atoms with van der Waals surface area (Å²) < 4.78 is 8.79. The van der Waals surface area contributed by atoms with Crippen molar-refractivity contribution in [2.45, 2.75) is 6.54 Å². The summed E-state index contributed by atoms with van der Waals surface area (Å²) in [7, 11) is 2.91. The van der Waals surface area contributed by atoms with Crippen LogP contribution in [-0.4, -0.2) is 31.3 Å².